The summed E-state index contributed by atoms with van der Waals surface area (Å²) in [5.41, 5.74) is 1.05. The highest BCUT2D eigenvalue weighted by molar-refractivity contribution is 6.72. The van der Waals surface area contributed by atoms with Crippen LogP contribution in [0, 0.1) is 0 Å². The molecule has 1 aliphatic carbocycles. The highest BCUT2D eigenvalue weighted by Crippen LogP contribution is 2.32. The minimum atomic E-state index is -0.694. The normalized spacial score (nSPS) is 27.5. The Balaban J connectivity index is 1.61. The summed E-state index contributed by atoms with van der Waals surface area (Å²) in [5, 5.41) is 9.14. The van der Waals surface area contributed by atoms with Gasteiger partial charge in [-0.1, -0.05) is 81.1 Å². The summed E-state index contributed by atoms with van der Waals surface area (Å²) in [4.78, 5) is 25.5. The fourth-order valence-electron chi connectivity index (χ4n) is 4.48. The number of carbonyl (C=O) groups is 2. The van der Waals surface area contributed by atoms with E-state index in [1.165, 1.54) is 0 Å². The molecule has 0 radical (unpaired) electrons. The van der Waals surface area contributed by atoms with Gasteiger partial charge in [0, 0.05) is 6.04 Å². The summed E-state index contributed by atoms with van der Waals surface area (Å²) >= 11 is 0. The first kappa shape index (κ1) is 19.8. The lowest BCUT2D eigenvalue weighted by Crippen LogP contribution is -2.36. The maximum absolute atomic E-state index is 12.5. The molecule has 2 aliphatic rings. The van der Waals surface area contributed by atoms with Crippen LogP contribution in [0.25, 0.3) is 0 Å². The van der Waals surface area contributed by atoms with Crippen LogP contribution in [0.15, 0.2) is 30.3 Å². The first-order chi connectivity index (χ1) is 13.1. The third-order valence-electron chi connectivity index (χ3n) is 5.96. The summed E-state index contributed by atoms with van der Waals surface area (Å²) in [6.45, 7) is 0.617. The van der Waals surface area contributed by atoms with Gasteiger partial charge in [0.25, 0.3) is 7.28 Å². The number of carbonyl (C=O) groups excluding carboxylic acids is 1. The molecule has 3 rings (SSSR count). The quantitative estimate of drug-likeness (QED) is 0.759. The van der Waals surface area contributed by atoms with Gasteiger partial charge in [-0.25, -0.2) is 4.79 Å². The van der Waals surface area contributed by atoms with Gasteiger partial charge in [0.1, 0.15) is 6.10 Å². The first-order valence-corrected chi connectivity index (χ1v) is 10.4. The van der Waals surface area contributed by atoms with E-state index in [4.69, 9.17) is 9.84 Å². The Morgan fingerprint density at radius 3 is 2.41 bits per heavy atom. The molecule has 3 atom stereocenters. The molecule has 1 heterocycles. The molecule has 146 valence electrons. The van der Waals surface area contributed by atoms with Crippen LogP contribution in [0.1, 0.15) is 69.5 Å². The van der Waals surface area contributed by atoms with Crippen LogP contribution < -0.4 is 0 Å². The second-order valence-electron chi connectivity index (χ2n) is 7.98. The Hall–Kier alpha value is -1.98. The van der Waals surface area contributed by atoms with E-state index in [1.54, 1.807) is 0 Å². The van der Waals surface area contributed by atoms with Gasteiger partial charge in [-0.05, 0) is 18.4 Å². The zero-order valence-corrected chi connectivity index (χ0v) is 16.0. The van der Waals surface area contributed by atoms with Crippen LogP contribution in [0.3, 0.4) is 0 Å². The van der Waals surface area contributed by atoms with Gasteiger partial charge in [0.05, 0.1) is 6.54 Å². The number of rotatable bonds is 4. The molecule has 2 fully saturated rings. The van der Waals surface area contributed by atoms with Crippen molar-refractivity contribution in [2.75, 3.05) is 6.54 Å². The monoisotopic (exact) mass is 371 g/mol. The smallest absolute Gasteiger partial charge is 0.410 e. The number of benzene rings is 1. The molecule has 3 unspecified atom stereocenters. The topological polar surface area (TPSA) is 66.8 Å². The Kier molecular flexibility index (Phi) is 7.19. The largest absolute Gasteiger partial charge is 0.489 e. The molecule has 6 heteroatoms. The molecule has 27 heavy (non-hydrogen) atoms. The maximum atomic E-state index is 12.5. The number of amides is 1. The highest BCUT2D eigenvalue weighted by atomic mass is 16.6. The molecule has 1 aliphatic heterocycles. The molecule has 1 aromatic rings. The van der Waals surface area contributed by atoms with Crippen LogP contribution in [-0.2, 0) is 4.74 Å². The van der Waals surface area contributed by atoms with E-state index in [2.05, 4.69) is 0 Å². The molecule has 1 saturated heterocycles. The van der Waals surface area contributed by atoms with Gasteiger partial charge < -0.3 is 14.7 Å². The minimum absolute atomic E-state index is 0.184. The number of hydrogen-bond donors (Lipinski definition) is 1. The second kappa shape index (κ2) is 9.81. The highest BCUT2D eigenvalue weighted by Gasteiger charge is 2.36. The summed E-state index contributed by atoms with van der Waals surface area (Å²) in [6, 6.07) is 10.1. The van der Waals surface area contributed by atoms with Crippen molar-refractivity contribution in [2.24, 2.45) is 0 Å². The van der Waals surface area contributed by atoms with Gasteiger partial charge in [0.15, 0.2) is 0 Å². The van der Waals surface area contributed by atoms with E-state index in [9.17, 15) is 9.59 Å². The number of hydrogen-bond acceptors (Lipinski definition) is 3. The van der Waals surface area contributed by atoms with Crippen LogP contribution in [0.4, 0.5) is 9.59 Å². The third-order valence-corrected chi connectivity index (χ3v) is 5.96. The minimum Gasteiger partial charge on any atom is -0.489 e. The van der Waals surface area contributed by atoms with E-state index < -0.39 is 5.87 Å². The SMILES string of the molecule is O=C(O)BC1CCCCCCC(N2CC(c3ccccc3)OC2=O)CCC1. The van der Waals surface area contributed by atoms with Crippen molar-refractivity contribution in [2.45, 2.75) is 75.8 Å². The average molecular weight is 371 g/mol. The number of cyclic esters (lactones) is 1. The number of carboxylic acid groups (broad SMARTS) is 1. The average Bonchev–Trinajstić information content (AvgIpc) is 3.02. The van der Waals surface area contributed by atoms with Gasteiger partial charge in [-0.2, -0.15) is 0 Å². The van der Waals surface area contributed by atoms with Crippen molar-refractivity contribution < 1.29 is 19.4 Å². The standard InChI is InChI=1S/C21H30BNO4/c24-20(25)22-17-11-6-1-2-7-13-18(14-8-12-17)23-15-19(27-21(23)26)16-9-4-3-5-10-16/h3-5,9-10,17-19,22H,1-2,6-8,11-15H2,(H,24,25). The molecule has 0 bridgehead atoms. The van der Waals surface area contributed by atoms with E-state index in [1.807, 2.05) is 35.2 Å². The molecule has 1 saturated carbocycles. The van der Waals surface area contributed by atoms with Crippen LogP contribution in [0.2, 0.25) is 5.82 Å². The molecule has 1 N–H and O–H groups in total. The van der Waals surface area contributed by atoms with Gasteiger partial charge in [0.2, 0.25) is 5.87 Å². The van der Waals surface area contributed by atoms with Crippen molar-refractivity contribution in [1.29, 1.82) is 0 Å². The van der Waals surface area contributed by atoms with Gasteiger partial charge in [-0.3, -0.25) is 4.79 Å². The van der Waals surface area contributed by atoms with Crippen molar-refractivity contribution in [3.63, 3.8) is 0 Å². The molecule has 0 spiro atoms. The third kappa shape index (κ3) is 5.75. The van der Waals surface area contributed by atoms with E-state index in [0.717, 1.165) is 63.4 Å². The fraction of sp³-hybridized carbons (Fsp3) is 0.619. The van der Waals surface area contributed by atoms with Crippen molar-refractivity contribution >= 4 is 19.2 Å². The van der Waals surface area contributed by atoms with Gasteiger partial charge >= 0.3 is 6.09 Å². The van der Waals surface area contributed by atoms with Crippen molar-refractivity contribution in [3.05, 3.63) is 35.9 Å². The fourth-order valence-corrected chi connectivity index (χ4v) is 4.48. The van der Waals surface area contributed by atoms with E-state index in [-0.39, 0.29) is 31.3 Å². The van der Waals surface area contributed by atoms with Crippen LogP contribution in [0.5, 0.6) is 0 Å². The summed E-state index contributed by atoms with van der Waals surface area (Å²) in [7, 11) is 0.270. The summed E-state index contributed by atoms with van der Waals surface area (Å²) in [6.07, 6.45) is 9.03. The lowest BCUT2D eigenvalue weighted by Gasteiger charge is -2.26. The van der Waals surface area contributed by atoms with Crippen molar-refractivity contribution in [1.82, 2.24) is 4.90 Å². The molecular formula is C21H30BNO4. The van der Waals surface area contributed by atoms with E-state index in [0.29, 0.717) is 6.54 Å². The maximum Gasteiger partial charge on any atom is 0.410 e. The summed E-state index contributed by atoms with van der Waals surface area (Å²) in [5.74, 6) is -0.427. The number of ether oxygens (including phenoxy) is 1. The molecule has 1 aromatic carbocycles. The van der Waals surface area contributed by atoms with Crippen molar-refractivity contribution in [3.8, 4) is 0 Å². The first-order valence-electron chi connectivity index (χ1n) is 10.4. The Morgan fingerprint density at radius 2 is 1.67 bits per heavy atom. The molecular weight excluding hydrogens is 341 g/mol. The summed E-state index contributed by atoms with van der Waals surface area (Å²) < 4.78 is 5.65. The lowest BCUT2D eigenvalue weighted by atomic mass is 9.61. The second-order valence-corrected chi connectivity index (χ2v) is 7.98. The Labute approximate surface area is 162 Å². The molecule has 5 nitrogen and oxygen atoms in total. The predicted octanol–water partition coefficient (Wildman–Crippen LogP) is 4.98. The molecule has 1 amide bonds. The zero-order chi connectivity index (χ0) is 19.1. The van der Waals surface area contributed by atoms with E-state index >= 15 is 0 Å². The van der Waals surface area contributed by atoms with Crippen LogP contribution >= 0.6 is 0 Å². The number of nitrogens with zero attached hydrogens (tertiary/aromatic N) is 1. The zero-order valence-electron chi connectivity index (χ0n) is 16.0. The Morgan fingerprint density at radius 1 is 1.00 bits per heavy atom. The van der Waals surface area contributed by atoms with Crippen LogP contribution in [-0.4, -0.2) is 41.8 Å². The van der Waals surface area contributed by atoms with Gasteiger partial charge in [-0.15, -0.1) is 0 Å². The predicted molar refractivity (Wildman–Crippen MR) is 107 cm³/mol. The Bertz CT molecular complexity index is 624. The lowest BCUT2D eigenvalue weighted by molar-refractivity contribution is 0.125. The molecule has 0 aromatic heterocycles.